The summed E-state index contributed by atoms with van der Waals surface area (Å²) in [6, 6.07) is 9.46. The first-order valence-electron chi connectivity index (χ1n) is 10.1. The van der Waals surface area contributed by atoms with Crippen LogP contribution in [0.4, 0.5) is 5.82 Å². The molecule has 4 rings (SSSR count). The summed E-state index contributed by atoms with van der Waals surface area (Å²) < 4.78 is 3.49. The highest BCUT2D eigenvalue weighted by Gasteiger charge is 2.23. The minimum atomic E-state index is -0.300. The Bertz CT molecular complexity index is 1040. The lowest BCUT2D eigenvalue weighted by Crippen LogP contribution is -2.25. The number of hydrogen-bond acceptors (Lipinski definition) is 4. The van der Waals surface area contributed by atoms with Crippen LogP contribution >= 0.6 is 0 Å². The molecule has 2 heterocycles. The van der Waals surface area contributed by atoms with Crippen molar-refractivity contribution in [1.29, 1.82) is 0 Å². The highest BCUT2D eigenvalue weighted by molar-refractivity contribution is 5.96. The second kappa shape index (κ2) is 8.06. The predicted molar refractivity (Wildman–Crippen MR) is 110 cm³/mol. The van der Waals surface area contributed by atoms with E-state index in [-0.39, 0.29) is 23.4 Å². The number of nitrogens with zero attached hydrogens (tertiary/aromatic N) is 4. The Morgan fingerprint density at radius 3 is 2.66 bits per heavy atom. The number of aromatic nitrogens is 4. The quantitative estimate of drug-likeness (QED) is 0.696. The van der Waals surface area contributed by atoms with E-state index < -0.39 is 0 Å². The first-order valence-corrected chi connectivity index (χ1v) is 10.1. The standard InChI is InChI=1S/C21H26N6O2/c1-26-17-11-7-6-10-15(17)23-19(26)13-22-21(29)16-12-18(27(2)25-16)24-20(28)14-8-4-3-5-9-14/h6-7,10-12,14H,3-5,8-9,13H2,1-2H3,(H,22,29)(H,24,28). The van der Waals surface area contributed by atoms with E-state index in [0.717, 1.165) is 42.5 Å². The van der Waals surface area contributed by atoms with Crippen LogP contribution < -0.4 is 10.6 Å². The van der Waals surface area contributed by atoms with E-state index in [1.54, 1.807) is 13.1 Å². The Hall–Kier alpha value is -3.16. The molecule has 0 bridgehead atoms. The van der Waals surface area contributed by atoms with Gasteiger partial charge < -0.3 is 15.2 Å². The van der Waals surface area contributed by atoms with Crippen molar-refractivity contribution < 1.29 is 9.59 Å². The maximum atomic E-state index is 12.6. The third-order valence-corrected chi connectivity index (χ3v) is 5.63. The number of hydrogen-bond donors (Lipinski definition) is 2. The van der Waals surface area contributed by atoms with Crippen molar-refractivity contribution in [2.75, 3.05) is 5.32 Å². The average Bonchev–Trinajstić information content (AvgIpc) is 3.27. The van der Waals surface area contributed by atoms with E-state index in [1.807, 2.05) is 35.9 Å². The van der Waals surface area contributed by atoms with E-state index in [2.05, 4.69) is 20.7 Å². The van der Waals surface area contributed by atoms with Gasteiger partial charge in [-0.15, -0.1) is 0 Å². The van der Waals surface area contributed by atoms with Gasteiger partial charge in [0.05, 0.1) is 17.6 Å². The van der Waals surface area contributed by atoms with E-state index in [4.69, 9.17) is 0 Å². The molecule has 8 nitrogen and oxygen atoms in total. The van der Waals surface area contributed by atoms with Crippen molar-refractivity contribution in [2.45, 2.75) is 38.6 Å². The van der Waals surface area contributed by atoms with Gasteiger partial charge in [0.25, 0.3) is 5.91 Å². The van der Waals surface area contributed by atoms with Gasteiger partial charge in [-0.05, 0) is 25.0 Å². The molecule has 1 saturated carbocycles. The lowest BCUT2D eigenvalue weighted by molar-refractivity contribution is -0.120. The highest BCUT2D eigenvalue weighted by atomic mass is 16.2. The minimum Gasteiger partial charge on any atom is -0.343 e. The summed E-state index contributed by atoms with van der Waals surface area (Å²) >= 11 is 0. The molecule has 152 valence electrons. The van der Waals surface area contributed by atoms with Crippen LogP contribution in [0.5, 0.6) is 0 Å². The van der Waals surface area contributed by atoms with E-state index >= 15 is 0 Å². The molecule has 0 spiro atoms. The number of nitrogens with one attached hydrogen (secondary N) is 2. The number of carbonyl (C=O) groups is 2. The normalized spacial score (nSPS) is 14.8. The molecule has 0 atom stereocenters. The molecule has 0 radical (unpaired) electrons. The second-order valence-corrected chi connectivity index (χ2v) is 7.62. The highest BCUT2D eigenvalue weighted by Crippen LogP contribution is 2.25. The van der Waals surface area contributed by atoms with Gasteiger partial charge in [-0.25, -0.2) is 4.98 Å². The molecule has 1 fully saturated rings. The molecule has 0 unspecified atom stereocenters. The van der Waals surface area contributed by atoms with Gasteiger partial charge in [-0.1, -0.05) is 31.4 Å². The summed E-state index contributed by atoms with van der Waals surface area (Å²) in [5, 5.41) is 10.0. The number of anilines is 1. The molecule has 2 N–H and O–H groups in total. The number of aryl methyl sites for hydroxylation is 2. The number of para-hydroxylation sites is 2. The molecule has 1 aromatic carbocycles. The Balaban J connectivity index is 1.40. The topological polar surface area (TPSA) is 93.8 Å². The molecule has 1 aliphatic rings. The maximum Gasteiger partial charge on any atom is 0.272 e. The maximum absolute atomic E-state index is 12.6. The summed E-state index contributed by atoms with van der Waals surface area (Å²) in [6.45, 7) is 0.296. The van der Waals surface area contributed by atoms with Gasteiger partial charge in [0.15, 0.2) is 5.69 Å². The molecule has 2 aromatic heterocycles. The monoisotopic (exact) mass is 394 g/mol. The van der Waals surface area contributed by atoms with E-state index in [0.29, 0.717) is 12.4 Å². The Labute approximate surface area is 169 Å². The van der Waals surface area contributed by atoms with Gasteiger partial charge >= 0.3 is 0 Å². The Kier molecular flexibility index (Phi) is 5.33. The number of rotatable bonds is 5. The molecule has 3 aromatic rings. The molecule has 2 amide bonds. The molecule has 1 aliphatic carbocycles. The minimum absolute atomic E-state index is 0.0133. The number of amides is 2. The lowest BCUT2D eigenvalue weighted by Gasteiger charge is -2.20. The van der Waals surface area contributed by atoms with Crippen LogP contribution in [-0.4, -0.2) is 31.1 Å². The Morgan fingerprint density at radius 2 is 1.90 bits per heavy atom. The lowest BCUT2D eigenvalue weighted by atomic mass is 9.89. The summed E-state index contributed by atoms with van der Waals surface area (Å²) in [6.07, 6.45) is 5.24. The summed E-state index contributed by atoms with van der Waals surface area (Å²) in [5.74, 6) is 1.06. The molecule has 8 heteroatoms. The van der Waals surface area contributed by atoms with Gasteiger partial charge in [0.2, 0.25) is 5.91 Å². The first-order chi connectivity index (χ1) is 14.0. The zero-order chi connectivity index (χ0) is 20.4. The van der Waals surface area contributed by atoms with Crippen LogP contribution in [0.25, 0.3) is 11.0 Å². The first kappa shape index (κ1) is 19.2. The number of carbonyl (C=O) groups excluding carboxylic acids is 2. The number of benzene rings is 1. The number of fused-ring (bicyclic) bond motifs is 1. The Morgan fingerprint density at radius 1 is 1.14 bits per heavy atom. The summed E-state index contributed by atoms with van der Waals surface area (Å²) in [4.78, 5) is 29.6. The van der Waals surface area contributed by atoms with Crippen molar-refractivity contribution in [3.05, 3.63) is 41.9 Å². The fraction of sp³-hybridized carbons (Fsp3) is 0.429. The molecule has 0 saturated heterocycles. The van der Waals surface area contributed by atoms with Crippen LogP contribution in [-0.2, 0) is 25.4 Å². The molecule has 29 heavy (non-hydrogen) atoms. The fourth-order valence-corrected chi connectivity index (χ4v) is 3.89. The van der Waals surface area contributed by atoms with Crippen LogP contribution in [0.2, 0.25) is 0 Å². The fourth-order valence-electron chi connectivity index (χ4n) is 3.89. The predicted octanol–water partition coefficient (Wildman–Crippen LogP) is 2.76. The van der Waals surface area contributed by atoms with Crippen molar-refractivity contribution in [3.8, 4) is 0 Å². The van der Waals surface area contributed by atoms with E-state index in [9.17, 15) is 9.59 Å². The third-order valence-electron chi connectivity index (χ3n) is 5.63. The summed E-state index contributed by atoms with van der Waals surface area (Å²) in [5.41, 5.74) is 2.18. The molecule has 0 aliphatic heterocycles. The second-order valence-electron chi connectivity index (χ2n) is 7.62. The largest absolute Gasteiger partial charge is 0.343 e. The van der Waals surface area contributed by atoms with Crippen LogP contribution in [0.15, 0.2) is 30.3 Å². The van der Waals surface area contributed by atoms with Crippen molar-refractivity contribution >= 4 is 28.7 Å². The summed E-state index contributed by atoms with van der Waals surface area (Å²) in [7, 11) is 3.65. The number of imidazole rings is 1. The zero-order valence-corrected chi connectivity index (χ0v) is 16.8. The van der Waals surface area contributed by atoms with Crippen LogP contribution in [0.3, 0.4) is 0 Å². The van der Waals surface area contributed by atoms with Crippen molar-refractivity contribution in [3.63, 3.8) is 0 Å². The average molecular weight is 394 g/mol. The van der Waals surface area contributed by atoms with Gasteiger partial charge in [0.1, 0.15) is 11.6 Å². The molecular weight excluding hydrogens is 368 g/mol. The third kappa shape index (κ3) is 4.01. The zero-order valence-electron chi connectivity index (χ0n) is 16.8. The van der Waals surface area contributed by atoms with Crippen LogP contribution in [0, 0.1) is 5.92 Å². The van der Waals surface area contributed by atoms with Crippen molar-refractivity contribution in [2.24, 2.45) is 20.0 Å². The molecular formula is C21H26N6O2. The van der Waals surface area contributed by atoms with Gasteiger partial charge in [-0.3, -0.25) is 14.3 Å². The van der Waals surface area contributed by atoms with Crippen molar-refractivity contribution in [1.82, 2.24) is 24.6 Å². The van der Waals surface area contributed by atoms with Gasteiger partial charge in [0, 0.05) is 26.1 Å². The van der Waals surface area contributed by atoms with E-state index in [1.165, 1.54) is 11.1 Å². The van der Waals surface area contributed by atoms with Crippen LogP contribution in [0.1, 0.15) is 48.4 Å². The SMILES string of the molecule is Cn1nc(C(=O)NCc2nc3ccccc3n2C)cc1NC(=O)C1CCCCC1. The van der Waals surface area contributed by atoms with Gasteiger partial charge in [-0.2, -0.15) is 5.10 Å². The smallest absolute Gasteiger partial charge is 0.272 e.